The lowest BCUT2D eigenvalue weighted by molar-refractivity contribution is -0.167. The van der Waals surface area contributed by atoms with Crippen molar-refractivity contribution in [1.29, 1.82) is 0 Å². The second-order valence-electron chi connectivity index (χ2n) is 19.1. The van der Waals surface area contributed by atoms with E-state index in [1.54, 1.807) is 0 Å². The number of unbranched alkanes of at least 4 members (excludes halogenated alkanes) is 19. The van der Waals surface area contributed by atoms with Crippen LogP contribution in [0.2, 0.25) is 0 Å². The third kappa shape index (κ3) is 58.3. The molecule has 0 aromatic rings. The maximum absolute atomic E-state index is 12.9. The molecule has 0 fully saturated rings. The first-order valence-corrected chi connectivity index (χ1v) is 29.7. The Bertz CT molecular complexity index is 1580. The molecule has 0 aromatic carbocycles. The van der Waals surface area contributed by atoms with Crippen molar-refractivity contribution < 1.29 is 28.6 Å². The highest BCUT2D eigenvalue weighted by molar-refractivity contribution is 5.71. The number of esters is 3. The summed E-state index contributed by atoms with van der Waals surface area (Å²) in [5, 5.41) is 0. The molecule has 1 unspecified atom stereocenters. The first kappa shape index (κ1) is 68.6. The fraction of sp³-hybridized carbons (Fsp3) is 0.627. The van der Waals surface area contributed by atoms with E-state index in [2.05, 4.69) is 154 Å². The molecule has 6 heteroatoms. The number of rotatable bonds is 52. The van der Waals surface area contributed by atoms with Gasteiger partial charge < -0.3 is 14.2 Å². The molecule has 0 radical (unpaired) electrons. The van der Waals surface area contributed by atoms with E-state index < -0.39 is 6.10 Å². The van der Waals surface area contributed by atoms with Gasteiger partial charge in [0.2, 0.25) is 0 Å². The van der Waals surface area contributed by atoms with E-state index in [-0.39, 0.29) is 37.5 Å². The average Bonchev–Trinajstić information content (AvgIpc) is 3.39. The van der Waals surface area contributed by atoms with Gasteiger partial charge in [0.05, 0.1) is 0 Å². The molecule has 73 heavy (non-hydrogen) atoms. The molecule has 0 aromatic heterocycles. The van der Waals surface area contributed by atoms with Gasteiger partial charge in [0.25, 0.3) is 0 Å². The van der Waals surface area contributed by atoms with Crippen molar-refractivity contribution in [3.05, 3.63) is 134 Å². The maximum atomic E-state index is 12.9. The van der Waals surface area contributed by atoms with Crippen LogP contribution >= 0.6 is 0 Å². The number of hydrogen-bond donors (Lipinski definition) is 0. The summed E-state index contributed by atoms with van der Waals surface area (Å²) in [4.78, 5) is 38.2. The lowest BCUT2D eigenvalue weighted by Gasteiger charge is -2.18. The van der Waals surface area contributed by atoms with Gasteiger partial charge in [-0.3, -0.25) is 14.4 Å². The summed E-state index contributed by atoms with van der Waals surface area (Å²) in [6.45, 7) is 6.33. The predicted molar refractivity (Wildman–Crippen MR) is 316 cm³/mol. The summed E-state index contributed by atoms with van der Waals surface area (Å²) < 4.78 is 16.8. The standard InChI is InChI=1S/C67H108O6/c1-4-7-10-13-16-19-22-25-28-30-31-32-33-34-35-37-39-42-45-48-51-54-57-60-66(69)72-63-64(62-71-65(68)59-56-53-50-47-44-41-38-27-24-21-18-15-12-9-6-3)73-67(70)61-58-55-52-49-46-43-40-36-29-26-23-20-17-14-11-8-5-2/h8-9,11-12,17-18,20-22,25-27,29-31,33-34,38,40,43-44,47,64H,4-7,10,13-16,19,23-24,28,32,35-37,39,41-42,45-46,48-63H2,1-3H3/b11-8-,12-9-,20-17-,21-18-,25-22-,29-26-,31-30-,34-33-,38-27-,43-40-,47-44-. The van der Waals surface area contributed by atoms with Crippen LogP contribution in [0.1, 0.15) is 252 Å². The molecule has 0 aliphatic heterocycles. The van der Waals surface area contributed by atoms with Gasteiger partial charge in [-0.2, -0.15) is 0 Å². The Labute approximate surface area is 449 Å². The van der Waals surface area contributed by atoms with Gasteiger partial charge in [-0.05, 0) is 135 Å². The minimum absolute atomic E-state index is 0.110. The van der Waals surface area contributed by atoms with Crippen molar-refractivity contribution in [2.45, 2.75) is 258 Å². The van der Waals surface area contributed by atoms with Gasteiger partial charge in [-0.15, -0.1) is 0 Å². The third-order valence-corrected chi connectivity index (χ3v) is 12.1. The zero-order valence-electron chi connectivity index (χ0n) is 47.1. The summed E-state index contributed by atoms with van der Waals surface area (Å²) in [7, 11) is 0. The number of allylic oxidation sites excluding steroid dienone is 22. The largest absolute Gasteiger partial charge is 0.462 e. The molecule has 0 aliphatic carbocycles. The molecule has 412 valence electrons. The quantitative estimate of drug-likeness (QED) is 0.0261. The Balaban J connectivity index is 4.48. The number of carbonyl (C=O) groups excluding carboxylic acids is 3. The predicted octanol–water partition coefficient (Wildman–Crippen LogP) is 20.2. The Morgan fingerprint density at radius 2 is 0.534 bits per heavy atom. The summed E-state index contributed by atoms with van der Waals surface area (Å²) in [5.74, 6) is -0.986. The van der Waals surface area contributed by atoms with Crippen LogP contribution in [0.25, 0.3) is 0 Å². The fourth-order valence-corrected chi connectivity index (χ4v) is 7.72. The van der Waals surface area contributed by atoms with Crippen LogP contribution in [0, 0.1) is 0 Å². The zero-order valence-corrected chi connectivity index (χ0v) is 47.1. The molecule has 0 rings (SSSR count). The first-order valence-electron chi connectivity index (χ1n) is 29.7. The molecule has 0 N–H and O–H groups in total. The van der Waals surface area contributed by atoms with Crippen molar-refractivity contribution in [2.75, 3.05) is 13.2 Å². The van der Waals surface area contributed by atoms with Crippen LogP contribution in [-0.4, -0.2) is 37.2 Å². The summed E-state index contributed by atoms with van der Waals surface area (Å²) >= 11 is 0. The summed E-state index contributed by atoms with van der Waals surface area (Å²) in [5.41, 5.74) is 0. The van der Waals surface area contributed by atoms with Crippen molar-refractivity contribution in [3.63, 3.8) is 0 Å². The normalized spacial score (nSPS) is 13.1. The van der Waals surface area contributed by atoms with E-state index >= 15 is 0 Å². The molecule has 6 nitrogen and oxygen atoms in total. The molecular formula is C67H108O6. The van der Waals surface area contributed by atoms with E-state index in [0.29, 0.717) is 19.3 Å². The van der Waals surface area contributed by atoms with Crippen molar-refractivity contribution >= 4 is 17.9 Å². The van der Waals surface area contributed by atoms with E-state index in [1.165, 1.54) is 70.6 Å². The summed E-state index contributed by atoms with van der Waals surface area (Å²) in [6.07, 6.45) is 84.5. The fourth-order valence-electron chi connectivity index (χ4n) is 7.72. The van der Waals surface area contributed by atoms with E-state index in [1.807, 2.05) is 0 Å². The molecule has 0 amide bonds. The summed E-state index contributed by atoms with van der Waals surface area (Å²) in [6, 6.07) is 0. The average molecular weight is 1010 g/mol. The van der Waals surface area contributed by atoms with Crippen LogP contribution in [0.3, 0.4) is 0 Å². The Morgan fingerprint density at radius 1 is 0.288 bits per heavy atom. The Kier molecular flexibility index (Phi) is 56.4. The van der Waals surface area contributed by atoms with Gasteiger partial charge >= 0.3 is 17.9 Å². The molecule has 0 heterocycles. The molecule has 0 saturated carbocycles. The second kappa shape index (κ2) is 60.1. The molecular weight excluding hydrogens is 901 g/mol. The highest BCUT2D eigenvalue weighted by atomic mass is 16.6. The second-order valence-corrected chi connectivity index (χ2v) is 19.1. The highest BCUT2D eigenvalue weighted by Gasteiger charge is 2.19. The van der Waals surface area contributed by atoms with Crippen LogP contribution < -0.4 is 0 Å². The first-order chi connectivity index (χ1) is 36.0. The van der Waals surface area contributed by atoms with E-state index in [0.717, 1.165) is 135 Å². The van der Waals surface area contributed by atoms with Crippen molar-refractivity contribution in [1.82, 2.24) is 0 Å². The number of hydrogen-bond acceptors (Lipinski definition) is 6. The Hall–Kier alpha value is -4.45. The molecule has 1 atom stereocenters. The van der Waals surface area contributed by atoms with Crippen LogP contribution in [0.15, 0.2) is 134 Å². The lowest BCUT2D eigenvalue weighted by Crippen LogP contribution is -2.30. The monoisotopic (exact) mass is 1010 g/mol. The van der Waals surface area contributed by atoms with Gasteiger partial charge in [0.15, 0.2) is 6.10 Å². The zero-order chi connectivity index (χ0) is 52.9. The van der Waals surface area contributed by atoms with Crippen molar-refractivity contribution in [2.24, 2.45) is 0 Å². The third-order valence-electron chi connectivity index (χ3n) is 12.1. The number of ether oxygens (including phenoxy) is 3. The van der Waals surface area contributed by atoms with Gasteiger partial charge in [-0.25, -0.2) is 0 Å². The van der Waals surface area contributed by atoms with Crippen molar-refractivity contribution in [3.8, 4) is 0 Å². The minimum atomic E-state index is -0.817. The SMILES string of the molecule is CC/C=C\C/C=C\C/C=C\C/C=C\CCCCCCC(=O)OC(COC(=O)CCCC/C=C\C/C=C\C/C=C\C/C=C\CC)COC(=O)CCCCCCCCCC/C=C\C/C=C\C/C=C\CCCCCCC. The van der Waals surface area contributed by atoms with E-state index in [4.69, 9.17) is 14.2 Å². The highest BCUT2D eigenvalue weighted by Crippen LogP contribution is 2.14. The van der Waals surface area contributed by atoms with Crippen LogP contribution in [0.5, 0.6) is 0 Å². The molecule has 0 saturated heterocycles. The maximum Gasteiger partial charge on any atom is 0.306 e. The topological polar surface area (TPSA) is 78.9 Å². The molecule has 0 bridgehead atoms. The molecule has 0 spiro atoms. The van der Waals surface area contributed by atoms with Gasteiger partial charge in [-0.1, -0.05) is 231 Å². The van der Waals surface area contributed by atoms with Gasteiger partial charge in [0, 0.05) is 19.3 Å². The van der Waals surface area contributed by atoms with Crippen LogP contribution in [-0.2, 0) is 28.6 Å². The molecule has 0 aliphatic rings. The smallest absolute Gasteiger partial charge is 0.306 e. The Morgan fingerprint density at radius 3 is 0.863 bits per heavy atom. The lowest BCUT2D eigenvalue weighted by atomic mass is 10.1. The minimum Gasteiger partial charge on any atom is -0.462 e. The number of carbonyl (C=O) groups is 3. The van der Waals surface area contributed by atoms with Crippen LogP contribution in [0.4, 0.5) is 0 Å². The van der Waals surface area contributed by atoms with Gasteiger partial charge in [0.1, 0.15) is 13.2 Å². The van der Waals surface area contributed by atoms with E-state index in [9.17, 15) is 14.4 Å².